The molecule has 0 spiro atoms. The van der Waals surface area contributed by atoms with E-state index < -0.39 is 0 Å². The summed E-state index contributed by atoms with van der Waals surface area (Å²) in [5.74, 6) is 0. The van der Waals surface area contributed by atoms with Gasteiger partial charge in [0.1, 0.15) is 0 Å². The zero-order valence-corrected chi connectivity index (χ0v) is 10.9. The summed E-state index contributed by atoms with van der Waals surface area (Å²) in [4.78, 5) is 1.38. The predicted molar refractivity (Wildman–Crippen MR) is 66.4 cm³/mol. The minimum atomic E-state index is -0.0831. The van der Waals surface area contributed by atoms with Crippen molar-refractivity contribution in [2.24, 2.45) is 0 Å². The topological polar surface area (TPSA) is 21.3 Å². The lowest BCUT2D eigenvalue weighted by Gasteiger charge is -2.26. The Labute approximate surface area is 96.7 Å². The van der Waals surface area contributed by atoms with Crippen LogP contribution >= 0.6 is 11.3 Å². The summed E-state index contributed by atoms with van der Waals surface area (Å²) in [5, 5.41) is 5.61. The highest BCUT2D eigenvalue weighted by molar-refractivity contribution is 7.10. The van der Waals surface area contributed by atoms with Crippen LogP contribution in [0.3, 0.4) is 0 Å². The second kappa shape index (κ2) is 5.64. The maximum atomic E-state index is 5.64. The normalized spacial score (nSPS) is 14.1. The average molecular weight is 227 g/mol. The van der Waals surface area contributed by atoms with Crippen LogP contribution in [-0.4, -0.2) is 18.8 Å². The molecule has 0 amide bonds. The van der Waals surface area contributed by atoms with E-state index in [1.165, 1.54) is 4.88 Å². The molecule has 2 nitrogen and oxygen atoms in total. The Bertz CT molecular complexity index is 269. The number of rotatable bonds is 6. The highest BCUT2D eigenvalue weighted by Gasteiger charge is 2.18. The SMILES string of the molecule is CCOC(C)(C)CNC(C)c1cccs1. The zero-order chi connectivity index (χ0) is 11.3. The van der Waals surface area contributed by atoms with Crippen LogP contribution < -0.4 is 5.32 Å². The van der Waals surface area contributed by atoms with Crippen molar-refractivity contribution in [1.82, 2.24) is 5.32 Å². The Kier molecular flexibility index (Phi) is 4.77. The summed E-state index contributed by atoms with van der Waals surface area (Å²) in [7, 11) is 0. The largest absolute Gasteiger partial charge is 0.375 e. The van der Waals surface area contributed by atoms with E-state index in [2.05, 4.69) is 43.6 Å². The van der Waals surface area contributed by atoms with Gasteiger partial charge in [0.05, 0.1) is 5.60 Å². The third-order valence-corrected chi connectivity index (χ3v) is 3.39. The number of hydrogen-bond donors (Lipinski definition) is 1. The van der Waals surface area contributed by atoms with E-state index in [1.54, 1.807) is 11.3 Å². The van der Waals surface area contributed by atoms with Crippen molar-refractivity contribution in [3.63, 3.8) is 0 Å². The third-order valence-electron chi connectivity index (χ3n) is 2.34. The van der Waals surface area contributed by atoms with E-state index >= 15 is 0 Å². The molecule has 0 bridgehead atoms. The van der Waals surface area contributed by atoms with Crippen LogP contribution in [0.2, 0.25) is 0 Å². The maximum absolute atomic E-state index is 5.64. The number of thiophene rings is 1. The minimum Gasteiger partial charge on any atom is -0.375 e. The lowest BCUT2D eigenvalue weighted by atomic mass is 10.1. The van der Waals surface area contributed by atoms with Crippen molar-refractivity contribution in [2.45, 2.75) is 39.3 Å². The Morgan fingerprint density at radius 1 is 1.53 bits per heavy atom. The number of ether oxygens (including phenoxy) is 1. The summed E-state index contributed by atoms with van der Waals surface area (Å²) in [6, 6.07) is 4.66. The molecule has 1 N–H and O–H groups in total. The van der Waals surface area contributed by atoms with Crippen LogP contribution in [0.4, 0.5) is 0 Å². The van der Waals surface area contributed by atoms with E-state index in [4.69, 9.17) is 4.74 Å². The van der Waals surface area contributed by atoms with Gasteiger partial charge in [0.2, 0.25) is 0 Å². The quantitative estimate of drug-likeness (QED) is 0.805. The summed E-state index contributed by atoms with van der Waals surface area (Å²) in [5.41, 5.74) is -0.0831. The monoisotopic (exact) mass is 227 g/mol. The second-order valence-electron chi connectivity index (χ2n) is 4.31. The maximum Gasteiger partial charge on any atom is 0.0750 e. The summed E-state index contributed by atoms with van der Waals surface area (Å²) in [6.45, 7) is 10.1. The standard InChI is InChI=1S/C12H21NOS/c1-5-14-12(3,4)9-13-10(2)11-7-6-8-15-11/h6-8,10,13H,5,9H2,1-4H3. The average Bonchev–Trinajstić information content (AvgIpc) is 2.67. The van der Waals surface area contributed by atoms with Crippen LogP contribution in [0.15, 0.2) is 17.5 Å². The molecule has 0 saturated carbocycles. The van der Waals surface area contributed by atoms with Gasteiger partial charge in [-0.05, 0) is 39.1 Å². The molecule has 1 aromatic heterocycles. The van der Waals surface area contributed by atoms with Crippen molar-refractivity contribution in [3.8, 4) is 0 Å². The molecule has 1 unspecified atom stereocenters. The molecule has 0 saturated heterocycles. The molecule has 1 atom stereocenters. The third kappa shape index (κ3) is 4.33. The molecular formula is C12H21NOS. The van der Waals surface area contributed by atoms with Gasteiger partial charge in [-0.1, -0.05) is 6.07 Å². The van der Waals surface area contributed by atoms with Gasteiger partial charge < -0.3 is 10.1 Å². The van der Waals surface area contributed by atoms with Crippen molar-refractivity contribution in [2.75, 3.05) is 13.2 Å². The Morgan fingerprint density at radius 3 is 2.80 bits per heavy atom. The van der Waals surface area contributed by atoms with E-state index in [9.17, 15) is 0 Å². The van der Waals surface area contributed by atoms with Crippen molar-refractivity contribution < 1.29 is 4.74 Å². The molecule has 0 aliphatic carbocycles. The molecule has 0 fully saturated rings. The molecule has 15 heavy (non-hydrogen) atoms. The number of nitrogens with one attached hydrogen (secondary N) is 1. The van der Waals surface area contributed by atoms with Crippen LogP contribution in [0.5, 0.6) is 0 Å². The lowest BCUT2D eigenvalue weighted by Crippen LogP contribution is -2.38. The molecule has 1 rings (SSSR count). The fraction of sp³-hybridized carbons (Fsp3) is 0.667. The Morgan fingerprint density at radius 2 is 2.27 bits per heavy atom. The molecule has 0 radical (unpaired) electrons. The number of hydrogen-bond acceptors (Lipinski definition) is 3. The van der Waals surface area contributed by atoms with E-state index in [1.807, 2.05) is 6.92 Å². The predicted octanol–water partition coefficient (Wildman–Crippen LogP) is 3.21. The van der Waals surface area contributed by atoms with Gasteiger partial charge >= 0.3 is 0 Å². The molecule has 3 heteroatoms. The Hall–Kier alpha value is -0.380. The first kappa shape index (κ1) is 12.7. The van der Waals surface area contributed by atoms with Crippen LogP contribution in [-0.2, 0) is 4.74 Å². The molecule has 1 heterocycles. The fourth-order valence-electron chi connectivity index (χ4n) is 1.48. The molecule has 86 valence electrons. The van der Waals surface area contributed by atoms with Gasteiger partial charge in [-0.25, -0.2) is 0 Å². The molecule has 0 aliphatic rings. The van der Waals surface area contributed by atoms with Crippen molar-refractivity contribution >= 4 is 11.3 Å². The highest BCUT2D eigenvalue weighted by atomic mass is 32.1. The van der Waals surface area contributed by atoms with Crippen molar-refractivity contribution in [3.05, 3.63) is 22.4 Å². The molecule has 1 aromatic rings. The van der Waals surface area contributed by atoms with Gasteiger partial charge in [0, 0.05) is 24.1 Å². The van der Waals surface area contributed by atoms with E-state index in [0.29, 0.717) is 6.04 Å². The fourth-order valence-corrected chi connectivity index (χ4v) is 2.24. The van der Waals surface area contributed by atoms with Gasteiger partial charge in [0.15, 0.2) is 0 Å². The zero-order valence-electron chi connectivity index (χ0n) is 10.0. The first-order chi connectivity index (χ1) is 7.05. The summed E-state index contributed by atoms with van der Waals surface area (Å²) in [6.07, 6.45) is 0. The van der Waals surface area contributed by atoms with E-state index in [-0.39, 0.29) is 5.60 Å². The van der Waals surface area contributed by atoms with Crippen LogP contribution in [0, 0.1) is 0 Å². The van der Waals surface area contributed by atoms with Crippen LogP contribution in [0.25, 0.3) is 0 Å². The summed E-state index contributed by atoms with van der Waals surface area (Å²) >= 11 is 1.79. The van der Waals surface area contributed by atoms with Crippen LogP contribution in [0.1, 0.15) is 38.6 Å². The van der Waals surface area contributed by atoms with Gasteiger partial charge in [-0.3, -0.25) is 0 Å². The lowest BCUT2D eigenvalue weighted by molar-refractivity contribution is -0.0102. The van der Waals surface area contributed by atoms with Gasteiger partial charge in [-0.15, -0.1) is 11.3 Å². The first-order valence-corrected chi connectivity index (χ1v) is 6.34. The van der Waals surface area contributed by atoms with Gasteiger partial charge in [-0.2, -0.15) is 0 Å². The highest BCUT2D eigenvalue weighted by Crippen LogP contribution is 2.19. The second-order valence-corrected chi connectivity index (χ2v) is 5.29. The Balaban J connectivity index is 2.37. The molecule has 0 aromatic carbocycles. The molecular weight excluding hydrogens is 206 g/mol. The van der Waals surface area contributed by atoms with Gasteiger partial charge in [0.25, 0.3) is 0 Å². The first-order valence-electron chi connectivity index (χ1n) is 5.46. The smallest absolute Gasteiger partial charge is 0.0750 e. The summed E-state index contributed by atoms with van der Waals surface area (Å²) < 4.78 is 5.64. The molecule has 0 aliphatic heterocycles. The van der Waals surface area contributed by atoms with Crippen molar-refractivity contribution in [1.29, 1.82) is 0 Å². The van der Waals surface area contributed by atoms with E-state index in [0.717, 1.165) is 13.2 Å². The minimum absolute atomic E-state index is 0.0831.